The summed E-state index contributed by atoms with van der Waals surface area (Å²) in [5, 5.41) is 0. The Bertz CT molecular complexity index is 526. The second-order valence-electron chi connectivity index (χ2n) is 6.66. The largest absolute Gasteiger partial charge is 0.398 e. The molecule has 0 spiro atoms. The summed E-state index contributed by atoms with van der Waals surface area (Å²) in [6.07, 6.45) is 5.47. The minimum absolute atomic E-state index is 0.0639. The third-order valence-electron chi connectivity index (χ3n) is 5.29. The van der Waals surface area contributed by atoms with Crippen molar-refractivity contribution in [2.75, 3.05) is 19.3 Å². The lowest BCUT2D eigenvalue weighted by atomic mass is 9.88. The maximum atomic E-state index is 12.6. The van der Waals surface area contributed by atoms with E-state index in [4.69, 9.17) is 5.73 Å². The van der Waals surface area contributed by atoms with Gasteiger partial charge in [-0.05, 0) is 55.6 Å². The van der Waals surface area contributed by atoms with Crippen LogP contribution in [0.1, 0.15) is 41.6 Å². The predicted octanol–water partition coefficient (Wildman–Crippen LogP) is 3.09. The number of amides is 1. The van der Waals surface area contributed by atoms with Gasteiger partial charge in [0.15, 0.2) is 0 Å². The van der Waals surface area contributed by atoms with E-state index in [1.807, 2.05) is 37.1 Å². The summed E-state index contributed by atoms with van der Waals surface area (Å²) < 4.78 is 0. The van der Waals surface area contributed by atoms with Crippen LogP contribution in [0.2, 0.25) is 0 Å². The van der Waals surface area contributed by atoms with E-state index in [1.165, 1.54) is 25.7 Å². The highest BCUT2D eigenvalue weighted by molar-refractivity contribution is 5.99. The Balaban J connectivity index is 1.69. The van der Waals surface area contributed by atoms with Crippen molar-refractivity contribution in [3.8, 4) is 0 Å². The molecule has 108 valence electrons. The summed E-state index contributed by atoms with van der Waals surface area (Å²) in [6, 6.07) is 5.69. The number of nitrogen functional groups attached to an aromatic ring is 1. The molecular formula is C17H24N2O. The Labute approximate surface area is 121 Å². The van der Waals surface area contributed by atoms with E-state index < -0.39 is 0 Å². The van der Waals surface area contributed by atoms with Gasteiger partial charge in [-0.15, -0.1) is 0 Å². The fraction of sp³-hybridized carbons (Fsp3) is 0.588. The van der Waals surface area contributed by atoms with Gasteiger partial charge in [0, 0.05) is 19.3 Å². The minimum atomic E-state index is 0.0639. The van der Waals surface area contributed by atoms with Gasteiger partial charge in [0.1, 0.15) is 0 Å². The van der Waals surface area contributed by atoms with Gasteiger partial charge in [-0.3, -0.25) is 4.79 Å². The fourth-order valence-electron chi connectivity index (χ4n) is 4.11. The summed E-state index contributed by atoms with van der Waals surface area (Å²) >= 11 is 0. The molecule has 1 aromatic carbocycles. The molecule has 2 aliphatic rings. The summed E-state index contributed by atoms with van der Waals surface area (Å²) in [7, 11) is 1.91. The summed E-state index contributed by atoms with van der Waals surface area (Å²) in [6.45, 7) is 2.83. The molecule has 0 aliphatic heterocycles. The highest BCUT2D eigenvalue weighted by atomic mass is 16.2. The lowest BCUT2D eigenvalue weighted by Crippen LogP contribution is -2.34. The van der Waals surface area contributed by atoms with Crippen molar-refractivity contribution >= 4 is 11.6 Å². The molecular weight excluding hydrogens is 248 g/mol. The zero-order valence-electron chi connectivity index (χ0n) is 12.4. The Hall–Kier alpha value is -1.51. The lowest BCUT2D eigenvalue weighted by molar-refractivity contribution is 0.0755. The third kappa shape index (κ3) is 2.30. The first kappa shape index (κ1) is 13.5. The first-order chi connectivity index (χ1) is 9.56. The van der Waals surface area contributed by atoms with Crippen LogP contribution in [-0.4, -0.2) is 24.4 Å². The number of nitrogens with zero attached hydrogens (tertiary/aromatic N) is 1. The Morgan fingerprint density at radius 1 is 1.35 bits per heavy atom. The highest BCUT2D eigenvalue weighted by Crippen LogP contribution is 2.48. The second-order valence-corrected chi connectivity index (χ2v) is 6.66. The zero-order chi connectivity index (χ0) is 14.3. The van der Waals surface area contributed by atoms with Gasteiger partial charge < -0.3 is 10.6 Å². The van der Waals surface area contributed by atoms with Gasteiger partial charge in [0.25, 0.3) is 5.91 Å². The molecule has 1 aromatic rings. The van der Waals surface area contributed by atoms with Crippen LogP contribution < -0.4 is 5.73 Å². The molecule has 1 amide bonds. The van der Waals surface area contributed by atoms with Crippen LogP contribution in [-0.2, 0) is 0 Å². The topological polar surface area (TPSA) is 46.3 Å². The molecule has 3 atom stereocenters. The molecule has 2 aliphatic carbocycles. The van der Waals surface area contributed by atoms with E-state index >= 15 is 0 Å². The number of carbonyl (C=O) groups excluding carboxylic acids is 1. The van der Waals surface area contributed by atoms with E-state index in [9.17, 15) is 4.79 Å². The number of carbonyl (C=O) groups is 1. The fourth-order valence-corrected chi connectivity index (χ4v) is 4.11. The molecule has 0 aromatic heterocycles. The number of hydrogen-bond acceptors (Lipinski definition) is 2. The van der Waals surface area contributed by atoms with Crippen LogP contribution in [0, 0.1) is 24.7 Å². The van der Waals surface area contributed by atoms with Crippen LogP contribution in [0.4, 0.5) is 5.69 Å². The van der Waals surface area contributed by atoms with Gasteiger partial charge in [-0.1, -0.05) is 18.6 Å². The first-order valence-electron chi connectivity index (χ1n) is 7.66. The minimum Gasteiger partial charge on any atom is -0.398 e. The van der Waals surface area contributed by atoms with Gasteiger partial charge in [-0.25, -0.2) is 0 Å². The molecule has 20 heavy (non-hydrogen) atoms. The molecule has 0 heterocycles. The van der Waals surface area contributed by atoms with Gasteiger partial charge in [-0.2, -0.15) is 0 Å². The zero-order valence-corrected chi connectivity index (χ0v) is 12.4. The number of nitrogens with two attached hydrogens (primary N) is 1. The van der Waals surface area contributed by atoms with E-state index in [0.717, 1.165) is 23.9 Å². The van der Waals surface area contributed by atoms with Crippen LogP contribution in [0.25, 0.3) is 0 Å². The van der Waals surface area contributed by atoms with Crippen molar-refractivity contribution in [3.63, 3.8) is 0 Å². The van der Waals surface area contributed by atoms with E-state index in [0.29, 0.717) is 17.2 Å². The molecule has 2 bridgehead atoms. The van der Waals surface area contributed by atoms with E-state index in [-0.39, 0.29) is 5.91 Å². The number of fused-ring (bicyclic) bond motifs is 2. The Morgan fingerprint density at radius 2 is 2.15 bits per heavy atom. The summed E-state index contributed by atoms with van der Waals surface area (Å²) in [4.78, 5) is 14.4. The number of benzene rings is 1. The molecule has 2 saturated carbocycles. The van der Waals surface area contributed by atoms with Gasteiger partial charge in [0.05, 0.1) is 5.56 Å². The standard InChI is InChI=1S/C17H24N2O/c1-11-4-3-5-15(16(11)18)17(20)19(2)10-14-9-12-6-7-13(14)8-12/h3-5,12-14H,6-10,18H2,1-2H3. The molecule has 0 radical (unpaired) electrons. The average molecular weight is 272 g/mol. The predicted molar refractivity (Wildman–Crippen MR) is 81.5 cm³/mol. The Kier molecular flexibility index (Phi) is 3.45. The SMILES string of the molecule is Cc1cccc(C(=O)N(C)CC2CC3CCC2C3)c1N. The number of anilines is 1. The molecule has 3 unspecified atom stereocenters. The molecule has 2 N–H and O–H groups in total. The Morgan fingerprint density at radius 3 is 2.80 bits per heavy atom. The molecule has 2 fully saturated rings. The van der Waals surface area contributed by atoms with Crippen LogP contribution in [0.3, 0.4) is 0 Å². The number of rotatable bonds is 3. The van der Waals surface area contributed by atoms with Gasteiger partial charge in [0.2, 0.25) is 0 Å². The lowest BCUT2D eigenvalue weighted by Gasteiger charge is -2.27. The smallest absolute Gasteiger partial charge is 0.255 e. The third-order valence-corrected chi connectivity index (χ3v) is 5.29. The van der Waals surface area contributed by atoms with Crippen LogP contribution in [0.15, 0.2) is 18.2 Å². The van der Waals surface area contributed by atoms with Crippen molar-refractivity contribution in [2.45, 2.75) is 32.6 Å². The van der Waals surface area contributed by atoms with Crippen LogP contribution >= 0.6 is 0 Å². The second kappa shape index (κ2) is 5.12. The van der Waals surface area contributed by atoms with Crippen molar-refractivity contribution in [3.05, 3.63) is 29.3 Å². The van der Waals surface area contributed by atoms with Gasteiger partial charge >= 0.3 is 0 Å². The maximum absolute atomic E-state index is 12.6. The summed E-state index contributed by atoms with van der Waals surface area (Å²) in [5.41, 5.74) is 8.29. The molecule has 3 nitrogen and oxygen atoms in total. The summed E-state index contributed by atoms with van der Waals surface area (Å²) in [5.74, 6) is 2.55. The van der Waals surface area contributed by atoms with Crippen molar-refractivity contribution < 1.29 is 4.79 Å². The van der Waals surface area contributed by atoms with Crippen molar-refractivity contribution in [2.24, 2.45) is 17.8 Å². The number of hydrogen-bond donors (Lipinski definition) is 1. The van der Waals surface area contributed by atoms with Crippen molar-refractivity contribution in [1.82, 2.24) is 4.90 Å². The normalized spacial score (nSPS) is 27.8. The maximum Gasteiger partial charge on any atom is 0.255 e. The van der Waals surface area contributed by atoms with E-state index in [1.54, 1.807) is 0 Å². The van der Waals surface area contributed by atoms with Crippen molar-refractivity contribution in [1.29, 1.82) is 0 Å². The number of aryl methyl sites for hydroxylation is 1. The quantitative estimate of drug-likeness (QED) is 0.859. The monoisotopic (exact) mass is 272 g/mol. The van der Waals surface area contributed by atoms with Crippen LogP contribution in [0.5, 0.6) is 0 Å². The molecule has 3 rings (SSSR count). The van der Waals surface area contributed by atoms with E-state index in [2.05, 4.69) is 0 Å². The highest BCUT2D eigenvalue weighted by Gasteiger charge is 2.40. The number of para-hydroxylation sites is 1. The molecule has 3 heteroatoms. The average Bonchev–Trinajstić information content (AvgIpc) is 3.03. The molecule has 0 saturated heterocycles. The first-order valence-corrected chi connectivity index (χ1v) is 7.66.